The van der Waals surface area contributed by atoms with Gasteiger partial charge < -0.3 is 21.4 Å². The third-order valence-corrected chi connectivity index (χ3v) is 4.02. The van der Waals surface area contributed by atoms with Gasteiger partial charge in [0.2, 0.25) is 0 Å². The van der Waals surface area contributed by atoms with Crippen LogP contribution >= 0.6 is 12.4 Å². The average molecular weight is 381 g/mol. The molecule has 0 saturated carbocycles. The molecule has 0 radical (unpaired) electrons. The molecule has 0 unspecified atom stereocenters. The van der Waals surface area contributed by atoms with E-state index in [0.29, 0.717) is 22.8 Å². The number of rotatable bonds is 4. The van der Waals surface area contributed by atoms with Gasteiger partial charge in [-0.3, -0.25) is 10.8 Å². The molecule has 0 atom stereocenters. The fraction of sp³-hybridized carbons (Fsp3) is 0. The number of nitrogens with one attached hydrogen (secondary N) is 4. The zero-order valence-corrected chi connectivity index (χ0v) is 14.9. The maximum Gasteiger partial charge on any atom is 0.131 e. The molecule has 0 aliphatic rings. The van der Waals surface area contributed by atoms with E-state index in [4.69, 9.17) is 22.3 Å². The number of amidine groups is 2. The van der Waals surface area contributed by atoms with Crippen molar-refractivity contribution in [3.63, 3.8) is 0 Å². The number of fused-ring (bicyclic) bond motifs is 2. The highest BCUT2D eigenvalue weighted by Gasteiger charge is 2.05. The molecular weight excluding hydrogens is 364 g/mol. The highest BCUT2D eigenvalue weighted by atomic mass is 35.5. The zero-order valence-electron chi connectivity index (χ0n) is 14.1. The molecule has 2 aromatic carbocycles. The predicted molar refractivity (Wildman–Crippen MR) is 110 cm³/mol. The number of aromatic nitrogens is 4. The van der Waals surface area contributed by atoms with Gasteiger partial charge in [0.1, 0.15) is 23.3 Å². The van der Waals surface area contributed by atoms with Crippen LogP contribution in [0.2, 0.25) is 0 Å². The summed E-state index contributed by atoms with van der Waals surface area (Å²) >= 11 is 0. The molecule has 8 N–H and O–H groups in total. The second-order valence-electron chi connectivity index (χ2n) is 5.87. The molecule has 9 heteroatoms. The second-order valence-corrected chi connectivity index (χ2v) is 5.87. The summed E-state index contributed by atoms with van der Waals surface area (Å²) in [5.41, 5.74) is 15.5. The predicted octanol–water partition coefficient (Wildman–Crippen LogP) is 2.60. The van der Waals surface area contributed by atoms with Gasteiger partial charge in [-0.25, -0.2) is 9.97 Å². The summed E-state index contributed by atoms with van der Waals surface area (Å²) in [6, 6.07) is 10.8. The van der Waals surface area contributed by atoms with E-state index in [2.05, 4.69) is 19.9 Å². The first kappa shape index (κ1) is 18.2. The monoisotopic (exact) mass is 380 g/mol. The van der Waals surface area contributed by atoms with Crippen molar-refractivity contribution >= 4 is 58.3 Å². The minimum Gasteiger partial charge on any atom is -0.384 e. The van der Waals surface area contributed by atoms with Gasteiger partial charge in [0.05, 0.1) is 22.1 Å². The Morgan fingerprint density at radius 1 is 0.778 bits per heavy atom. The summed E-state index contributed by atoms with van der Waals surface area (Å²) in [4.78, 5) is 15.3. The van der Waals surface area contributed by atoms with Crippen molar-refractivity contribution in [2.75, 3.05) is 0 Å². The Labute approximate surface area is 160 Å². The van der Waals surface area contributed by atoms with Crippen molar-refractivity contribution in [2.24, 2.45) is 11.5 Å². The maximum atomic E-state index is 7.50. The molecule has 4 rings (SSSR count). The van der Waals surface area contributed by atoms with Crippen molar-refractivity contribution in [1.29, 1.82) is 10.8 Å². The second kappa shape index (κ2) is 6.93. The molecule has 0 amide bonds. The van der Waals surface area contributed by atoms with Gasteiger partial charge in [-0.05, 0) is 48.6 Å². The number of halogens is 1. The third-order valence-electron chi connectivity index (χ3n) is 4.02. The summed E-state index contributed by atoms with van der Waals surface area (Å²) in [5, 5.41) is 15.0. The highest BCUT2D eigenvalue weighted by Crippen LogP contribution is 2.17. The molecule has 8 nitrogen and oxygen atoms in total. The van der Waals surface area contributed by atoms with Crippen molar-refractivity contribution in [3.05, 3.63) is 59.2 Å². The van der Waals surface area contributed by atoms with Crippen LogP contribution < -0.4 is 11.5 Å². The van der Waals surface area contributed by atoms with Crippen LogP contribution in [-0.2, 0) is 0 Å². The Kier molecular flexibility index (Phi) is 4.66. The van der Waals surface area contributed by atoms with E-state index >= 15 is 0 Å². The van der Waals surface area contributed by atoms with Gasteiger partial charge in [0, 0.05) is 11.1 Å². The van der Waals surface area contributed by atoms with Gasteiger partial charge in [0.15, 0.2) is 0 Å². The first-order valence-corrected chi connectivity index (χ1v) is 7.86. The first-order valence-electron chi connectivity index (χ1n) is 7.86. The lowest BCUT2D eigenvalue weighted by Crippen LogP contribution is -2.10. The molecular formula is C18H17ClN8. The topological polar surface area (TPSA) is 157 Å². The van der Waals surface area contributed by atoms with Crippen LogP contribution in [0.5, 0.6) is 0 Å². The van der Waals surface area contributed by atoms with Crippen molar-refractivity contribution in [2.45, 2.75) is 0 Å². The molecule has 0 spiro atoms. The van der Waals surface area contributed by atoms with E-state index in [0.717, 1.165) is 22.1 Å². The molecule has 136 valence electrons. The number of aromatic amines is 2. The summed E-state index contributed by atoms with van der Waals surface area (Å²) in [5.74, 6) is 1.38. The van der Waals surface area contributed by atoms with Gasteiger partial charge in [-0.1, -0.05) is 0 Å². The SMILES string of the molecule is Cl.N=C(N)c1ccc2nc(/C=C\c3nc4ccc(C(=N)N)cc4[nH]3)[nH]c2c1. The van der Waals surface area contributed by atoms with E-state index in [1.165, 1.54) is 0 Å². The zero-order chi connectivity index (χ0) is 18.3. The van der Waals surface area contributed by atoms with Crippen molar-refractivity contribution in [1.82, 2.24) is 19.9 Å². The molecule has 0 aliphatic carbocycles. The van der Waals surface area contributed by atoms with Crippen LogP contribution in [0.3, 0.4) is 0 Å². The molecule has 0 fully saturated rings. The molecule has 2 heterocycles. The molecule has 0 bridgehead atoms. The number of H-pyrrole nitrogens is 2. The van der Waals surface area contributed by atoms with Crippen molar-refractivity contribution in [3.8, 4) is 0 Å². The van der Waals surface area contributed by atoms with E-state index < -0.39 is 0 Å². The fourth-order valence-electron chi connectivity index (χ4n) is 2.71. The largest absolute Gasteiger partial charge is 0.384 e. The van der Waals surface area contributed by atoms with Crippen LogP contribution in [0.4, 0.5) is 0 Å². The van der Waals surface area contributed by atoms with E-state index in [-0.39, 0.29) is 24.1 Å². The standard InChI is InChI=1S/C18H16N8.ClH/c19-17(20)9-1-3-11-13(7-9)25-15(23-11)5-6-16-24-12-4-2-10(18(21)22)8-14(12)26-16;/h1-8H,(H3,19,20)(H3,21,22)(H,23,25)(H,24,26);1H/b6-5-;. The van der Waals surface area contributed by atoms with Gasteiger partial charge in [-0.15, -0.1) is 12.4 Å². The van der Waals surface area contributed by atoms with Crippen LogP contribution in [0.15, 0.2) is 36.4 Å². The van der Waals surface area contributed by atoms with Gasteiger partial charge in [0.25, 0.3) is 0 Å². The normalized spacial score (nSPS) is 11.1. The molecule has 0 saturated heterocycles. The summed E-state index contributed by atoms with van der Waals surface area (Å²) in [7, 11) is 0. The molecule has 0 aliphatic heterocycles. The lowest BCUT2D eigenvalue weighted by molar-refractivity contribution is 1.27. The Hall–Kier alpha value is -3.65. The van der Waals surface area contributed by atoms with Crippen LogP contribution in [0.25, 0.3) is 34.2 Å². The smallest absolute Gasteiger partial charge is 0.131 e. The summed E-state index contributed by atoms with van der Waals surface area (Å²) < 4.78 is 0. The van der Waals surface area contributed by atoms with E-state index in [1.807, 2.05) is 24.3 Å². The van der Waals surface area contributed by atoms with Crippen LogP contribution in [0, 0.1) is 10.8 Å². The third kappa shape index (κ3) is 3.51. The average Bonchev–Trinajstić information content (AvgIpc) is 3.21. The number of nitrogen functional groups attached to an aromatic ring is 2. The summed E-state index contributed by atoms with van der Waals surface area (Å²) in [6.07, 6.45) is 3.63. The lowest BCUT2D eigenvalue weighted by Gasteiger charge is -1.96. The van der Waals surface area contributed by atoms with Crippen LogP contribution in [0.1, 0.15) is 22.8 Å². The number of imidazole rings is 2. The highest BCUT2D eigenvalue weighted by molar-refractivity contribution is 5.99. The Morgan fingerprint density at radius 3 is 1.56 bits per heavy atom. The minimum absolute atomic E-state index is 0. The number of benzene rings is 2. The van der Waals surface area contributed by atoms with Crippen LogP contribution in [-0.4, -0.2) is 31.6 Å². The first-order chi connectivity index (χ1) is 12.5. The van der Waals surface area contributed by atoms with Gasteiger partial charge >= 0.3 is 0 Å². The number of hydrogen-bond donors (Lipinski definition) is 6. The van der Waals surface area contributed by atoms with E-state index in [9.17, 15) is 0 Å². The fourth-order valence-corrected chi connectivity index (χ4v) is 2.71. The number of nitrogens with zero attached hydrogens (tertiary/aromatic N) is 2. The summed E-state index contributed by atoms with van der Waals surface area (Å²) in [6.45, 7) is 0. The quantitative estimate of drug-likeness (QED) is 0.237. The number of hydrogen-bond acceptors (Lipinski definition) is 4. The molecule has 27 heavy (non-hydrogen) atoms. The number of nitrogens with two attached hydrogens (primary N) is 2. The lowest BCUT2D eigenvalue weighted by atomic mass is 10.2. The Morgan fingerprint density at radius 2 is 1.19 bits per heavy atom. The Balaban J connectivity index is 0.00000210. The minimum atomic E-state index is 0. The van der Waals surface area contributed by atoms with Gasteiger partial charge in [-0.2, -0.15) is 0 Å². The van der Waals surface area contributed by atoms with E-state index in [1.54, 1.807) is 24.3 Å². The Bertz CT molecular complexity index is 1110. The van der Waals surface area contributed by atoms with Crippen molar-refractivity contribution < 1.29 is 0 Å². The maximum absolute atomic E-state index is 7.50. The molecule has 2 aromatic heterocycles. The molecule has 4 aromatic rings.